The summed E-state index contributed by atoms with van der Waals surface area (Å²) in [5, 5.41) is 5.61. The minimum atomic E-state index is -2.95. The average molecular weight is 386 g/mol. The van der Waals surface area contributed by atoms with Crippen molar-refractivity contribution in [1.29, 1.82) is 0 Å². The number of carbonyl (C=O) groups is 2. The van der Waals surface area contributed by atoms with E-state index in [1.807, 2.05) is 6.92 Å². The number of alkyl halides is 2. The van der Waals surface area contributed by atoms with E-state index in [0.29, 0.717) is 16.8 Å². The van der Waals surface area contributed by atoms with Crippen molar-refractivity contribution >= 4 is 23.6 Å². The summed E-state index contributed by atoms with van der Waals surface area (Å²) >= 11 is 0. The molecule has 2 aromatic rings. The Morgan fingerprint density at radius 1 is 1.18 bits per heavy atom. The Balaban J connectivity index is 1.69. The van der Waals surface area contributed by atoms with Crippen LogP contribution in [0.2, 0.25) is 0 Å². The van der Waals surface area contributed by atoms with Crippen molar-refractivity contribution < 1.29 is 23.1 Å². The number of hydrogen-bond acceptors (Lipinski definition) is 3. The van der Waals surface area contributed by atoms with Gasteiger partial charge in [-0.2, -0.15) is 8.78 Å². The first-order valence-corrected chi connectivity index (χ1v) is 8.87. The van der Waals surface area contributed by atoms with Crippen LogP contribution in [0.5, 0.6) is 5.75 Å². The number of carbonyl (C=O) groups excluding carboxylic acids is 2. The van der Waals surface area contributed by atoms with Gasteiger partial charge in [-0.15, -0.1) is 0 Å². The molecule has 0 aliphatic heterocycles. The molecule has 0 atom stereocenters. The molecule has 7 heteroatoms. The lowest BCUT2D eigenvalue weighted by atomic mass is 10.1. The quantitative estimate of drug-likeness (QED) is 0.703. The number of halogens is 2. The lowest BCUT2D eigenvalue weighted by molar-refractivity contribution is -0.111. The molecule has 1 aliphatic rings. The third kappa shape index (κ3) is 5.39. The van der Waals surface area contributed by atoms with Crippen molar-refractivity contribution in [1.82, 2.24) is 5.32 Å². The third-order valence-electron chi connectivity index (χ3n) is 4.22. The van der Waals surface area contributed by atoms with Crippen LogP contribution >= 0.6 is 0 Å². The highest BCUT2D eigenvalue weighted by molar-refractivity contribution is 6.03. The zero-order chi connectivity index (χ0) is 20.1. The summed E-state index contributed by atoms with van der Waals surface area (Å²) in [5.74, 6) is -0.641. The lowest BCUT2D eigenvalue weighted by Gasteiger charge is -2.10. The molecule has 0 saturated heterocycles. The second-order valence-corrected chi connectivity index (χ2v) is 6.52. The van der Waals surface area contributed by atoms with Crippen LogP contribution in [0.1, 0.15) is 34.3 Å². The van der Waals surface area contributed by atoms with E-state index in [2.05, 4.69) is 15.4 Å². The molecule has 0 spiro atoms. The van der Waals surface area contributed by atoms with E-state index < -0.39 is 12.5 Å². The van der Waals surface area contributed by atoms with E-state index in [1.54, 1.807) is 36.4 Å². The molecule has 2 N–H and O–H groups in total. The lowest BCUT2D eigenvalue weighted by Crippen LogP contribution is -2.25. The molecule has 3 rings (SSSR count). The predicted molar refractivity (Wildman–Crippen MR) is 102 cm³/mol. The minimum Gasteiger partial charge on any atom is -0.434 e. The van der Waals surface area contributed by atoms with Gasteiger partial charge in [-0.1, -0.05) is 24.3 Å². The summed E-state index contributed by atoms with van der Waals surface area (Å²) in [7, 11) is 0. The average Bonchev–Trinajstić information content (AvgIpc) is 3.46. The van der Waals surface area contributed by atoms with Crippen molar-refractivity contribution in [2.24, 2.45) is 0 Å². The molecule has 146 valence electrons. The van der Waals surface area contributed by atoms with Gasteiger partial charge in [-0.05, 0) is 49.6 Å². The molecule has 0 bridgehead atoms. The molecule has 1 aliphatic carbocycles. The molecule has 2 amide bonds. The first-order chi connectivity index (χ1) is 13.4. The van der Waals surface area contributed by atoms with Crippen molar-refractivity contribution in [3.63, 3.8) is 0 Å². The Morgan fingerprint density at radius 2 is 1.93 bits per heavy atom. The smallest absolute Gasteiger partial charge is 0.387 e. The SMILES string of the molecule is Cc1ccc(C(=O)NC2CC2)cc1NC(=O)/C=C/c1ccccc1OC(F)F. The molecule has 0 aromatic heterocycles. The Morgan fingerprint density at radius 3 is 2.64 bits per heavy atom. The largest absolute Gasteiger partial charge is 0.434 e. The fourth-order valence-electron chi connectivity index (χ4n) is 2.56. The Kier molecular flexibility index (Phi) is 6.03. The fourth-order valence-corrected chi connectivity index (χ4v) is 2.56. The standard InChI is InChI=1S/C21H20F2N2O3/c1-13-6-7-15(20(27)24-16-9-10-16)12-17(13)25-19(26)11-8-14-4-2-3-5-18(14)28-21(22)23/h2-8,11-12,16,21H,9-10H2,1H3,(H,24,27)(H,25,26)/b11-8+. The van der Waals surface area contributed by atoms with E-state index in [0.717, 1.165) is 18.4 Å². The molecule has 0 radical (unpaired) electrons. The molecule has 28 heavy (non-hydrogen) atoms. The van der Waals surface area contributed by atoms with E-state index in [9.17, 15) is 18.4 Å². The molecular formula is C21H20F2N2O3. The van der Waals surface area contributed by atoms with Crippen LogP contribution in [0, 0.1) is 6.92 Å². The Hall–Kier alpha value is -3.22. The zero-order valence-corrected chi connectivity index (χ0v) is 15.2. The first kappa shape index (κ1) is 19.5. The number of rotatable bonds is 7. The Bertz CT molecular complexity index is 908. The molecule has 2 aromatic carbocycles. The summed E-state index contributed by atoms with van der Waals surface area (Å²) in [6.07, 6.45) is 4.60. The van der Waals surface area contributed by atoms with Crippen LogP contribution in [0.15, 0.2) is 48.5 Å². The predicted octanol–water partition coefficient (Wildman–Crippen LogP) is 4.14. The molecular weight excluding hydrogens is 366 g/mol. The highest BCUT2D eigenvalue weighted by Crippen LogP contribution is 2.23. The zero-order valence-electron chi connectivity index (χ0n) is 15.2. The van der Waals surface area contributed by atoms with Crippen LogP contribution < -0.4 is 15.4 Å². The van der Waals surface area contributed by atoms with Gasteiger partial charge in [0, 0.05) is 28.9 Å². The van der Waals surface area contributed by atoms with Gasteiger partial charge in [0.05, 0.1) is 0 Å². The number of benzene rings is 2. The van der Waals surface area contributed by atoms with Crippen LogP contribution in [0.25, 0.3) is 6.08 Å². The van der Waals surface area contributed by atoms with Gasteiger partial charge in [0.1, 0.15) is 5.75 Å². The van der Waals surface area contributed by atoms with Crippen molar-refractivity contribution in [2.75, 3.05) is 5.32 Å². The van der Waals surface area contributed by atoms with Gasteiger partial charge in [0.15, 0.2) is 0 Å². The van der Waals surface area contributed by atoms with E-state index >= 15 is 0 Å². The molecule has 5 nitrogen and oxygen atoms in total. The van der Waals surface area contributed by atoms with E-state index in [-0.39, 0.29) is 17.7 Å². The maximum Gasteiger partial charge on any atom is 0.387 e. The fraction of sp³-hybridized carbons (Fsp3) is 0.238. The molecule has 0 heterocycles. The van der Waals surface area contributed by atoms with Gasteiger partial charge in [0.2, 0.25) is 5.91 Å². The second-order valence-electron chi connectivity index (χ2n) is 6.52. The number of amides is 2. The normalized spacial score (nSPS) is 13.6. The topological polar surface area (TPSA) is 67.4 Å². The summed E-state index contributed by atoms with van der Waals surface area (Å²) < 4.78 is 29.4. The van der Waals surface area contributed by atoms with E-state index in [1.165, 1.54) is 18.2 Å². The molecule has 1 saturated carbocycles. The number of hydrogen-bond donors (Lipinski definition) is 2. The third-order valence-corrected chi connectivity index (χ3v) is 4.22. The van der Waals surface area contributed by atoms with Gasteiger partial charge in [0.25, 0.3) is 5.91 Å². The number of para-hydroxylation sites is 1. The van der Waals surface area contributed by atoms with Crippen molar-refractivity contribution in [2.45, 2.75) is 32.4 Å². The van der Waals surface area contributed by atoms with Crippen LogP contribution in [-0.4, -0.2) is 24.5 Å². The molecule has 1 fully saturated rings. The maximum atomic E-state index is 12.5. The monoisotopic (exact) mass is 386 g/mol. The Labute approximate surface area is 161 Å². The van der Waals surface area contributed by atoms with Crippen LogP contribution in [-0.2, 0) is 4.79 Å². The van der Waals surface area contributed by atoms with Crippen LogP contribution in [0.4, 0.5) is 14.5 Å². The van der Waals surface area contributed by atoms with Gasteiger partial charge in [-0.25, -0.2) is 0 Å². The highest BCUT2D eigenvalue weighted by Gasteiger charge is 2.24. The summed E-state index contributed by atoms with van der Waals surface area (Å²) in [6, 6.07) is 11.5. The summed E-state index contributed by atoms with van der Waals surface area (Å²) in [6.45, 7) is -1.14. The number of ether oxygens (including phenoxy) is 1. The minimum absolute atomic E-state index is 0.0172. The van der Waals surface area contributed by atoms with Crippen LogP contribution in [0.3, 0.4) is 0 Å². The van der Waals surface area contributed by atoms with Gasteiger partial charge in [-0.3, -0.25) is 9.59 Å². The van der Waals surface area contributed by atoms with Crippen molar-refractivity contribution in [3.8, 4) is 5.75 Å². The molecule has 0 unspecified atom stereocenters. The first-order valence-electron chi connectivity index (χ1n) is 8.87. The maximum absolute atomic E-state index is 12.5. The summed E-state index contributed by atoms with van der Waals surface area (Å²) in [4.78, 5) is 24.4. The second kappa shape index (κ2) is 8.65. The highest BCUT2D eigenvalue weighted by atomic mass is 19.3. The van der Waals surface area contributed by atoms with Crippen molar-refractivity contribution in [3.05, 3.63) is 65.2 Å². The number of nitrogens with one attached hydrogen (secondary N) is 2. The van der Waals surface area contributed by atoms with E-state index in [4.69, 9.17) is 0 Å². The van der Waals surface area contributed by atoms with Gasteiger partial charge >= 0.3 is 6.61 Å². The number of anilines is 1. The summed E-state index contributed by atoms with van der Waals surface area (Å²) in [5.41, 5.74) is 2.13. The number of aryl methyl sites for hydroxylation is 1. The van der Waals surface area contributed by atoms with Gasteiger partial charge < -0.3 is 15.4 Å².